The van der Waals surface area contributed by atoms with Crippen molar-refractivity contribution in [3.63, 3.8) is 0 Å². The molecule has 0 bridgehead atoms. The van der Waals surface area contributed by atoms with Crippen LogP contribution in [0.5, 0.6) is 0 Å². The molecule has 0 aromatic rings. The zero-order valence-corrected chi connectivity index (χ0v) is 10.6. The highest BCUT2D eigenvalue weighted by molar-refractivity contribution is 5.80. The molecular formula is C13H22N2O. The van der Waals surface area contributed by atoms with Gasteiger partial charge in [0.2, 0.25) is 5.91 Å². The van der Waals surface area contributed by atoms with Crippen molar-refractivity contribution in [1.29, 1.82) is 5.26 Å². The summed E-state index contributed by atoms with van der Waals surface area (Å²) in [5.41, 5.74) is 0.136. The first-order valence-electron chi connectivity index (χ1n) is 6.18. The Balaban J connectivity index is 2.64. The number of amides is 1. The molecule has 16 heavy (non-hydrogen) atoms. The third kappa shape index (κ3) is 2.75. The predicted molar refractivity (Wildman–Crippen MR) is 63.6 cm³/mol. The predicted octanol–water partition coefficient (Wildman–Crippen LogP) is 2.57. The number of carbonyl (C=O) groups is 1. The molecule has 0 spiro atoms. The van der Waals surface area contributed by atoms with Crippen LogP contribution in [0.1, 0.15) is 46.5 Å². The van der Waals surface area contributed by atoms with E-state index in [9.17, 15) is 4.79 Å². The average Bonchev–Trinajstić information content (AvgIpc) is 2.59. The second kappa shape index (κ2) is 5.34. The Hall–Kier alpha value is -1.04. The van der Waals surface area contributed by atoms with Crippen molar-refractivity contribution >= 4 is 5.91 Å². The van der Waals surface area contributed by atoms with E-state index < -0.39 is 0 Å². The second-order valence-corrected chi connectivity index (χ2v) is 5.26. The summed E-state index contributed by atoms with van der Waals surface area (Å²) in [6, 6.07) is 2.10. The topological polar surface area (TPSA) is 44.1 Å². The monoisotopic (exact) mass is 222 g/mol. The molecule has 0 N–H and O–H groups in total. The van der Waals surface area contributed by atoms with Gasteiger partial charge in [-0.3, -0.25) is 4.79 Å². The molecule has 1 saturated carbocycles. The quantitative estimate of drug-likeness (QED) is 0.733. The minimum atomic E-state index is 0.136. The van der Waals surface area contributed by atoms with Crippen LogP contribution >= 0.6 is 0 Å². The van der Waals surface area contributed by atoms with Crippen molar-refractivity contribution in [2.75, 3.05) is 13.1 Å². The summed E-state index contributed by atoms with van der Waals surface area (Å²) in [6.07, 6.45) is 3.74. The fourth-order valence-electron chi connectivity index (χ4n) is 2.61. The standard InChI is InChI=1S/C13H22N2O/c1-4-15(10-6-9-14)12(16)11-7-5-8-13(11,2)3/h11H,4-8,10H2,1-3H3. The minimum Gasteiger partial charge on any atom is -0.342 e. The first-order chi connectivity index (χ1) is 7.53. The van der Waals surface area contributed by atoms with Gasteiger partial charge in [0.15, 0.2) is 0 Å². The molecule has 1 rings (SSSR count). The van der Waals surface area contributed by atoms with Crippen LogP contribution in [0.3, 0.4) is 0 Å². The normalized spacial score (nSPS) is 22.8. The van der Waals surface area contributed by atoms with Crippen LogP contribution in [-0.2, 0) is 4.79 Å². The summed E-state index contributed by atoms with van der Waals surface area (Å²) < 4.78 is 0. The van der Waals surface area contributed by atoms with Gasteiger partial charge in [0.1, 0.15) is 0 Å². The summed E-state index contributed by atoms with van der Waals surface area (Å²) >= 11 is 0. The number of nitrogens with zero attached hydrogens (tertiary/aromatic N) is 2. The van der Waals surface area contributed by atoms with E-state index in [4.69, 9.17) is 5.26 Å². The van der Waals surface area contributed by atoms with Crippen molar-refractivity contribution in [2.24, 2.45) is 11.3 Å². The van der Waals surface area contributed by atoms with E-state index in [-0.39, 0.29) is 17.2 Å². The Morgan fingerprint density at radius 1 is 1.56 bits per heavy atom. The zero-order valence-electron chi connectivity index (χ0n) is 10.6. The fraction of sp³-hybridized carbons (Fsp3) is 0.846. The molecule has 0 heterocycles. The zero-order chi connectivity index (χ0) is 12.2. The highest BCUT2D eigenvalue weighted by Crippen LogP contribution is 2.43. The third-order valence-electron chi connectivity index (χ3n) is 3.74. The highest BCUT2D eigenvalue weighted by Gasteiger charge is 2.40. The molecule has 3 nitrogen and oxygen atoms in total. The molecule has 1 fully saturated rings. The lowest BCUT2D eigenvalue weighted by molar-refractivity contribution is -0.138. The molecule has 1 atom stereocenters. The lowest BCUT2D eigenvalue weighted by atomic mass is 9.81. The number of rotatable bonds is 4. The molecule has 0 saturated heterocycles. The lowest BCUT2D eigenvalue weighted by Gasteiger charge is -2.31. The van der Waals surface area contributed by atoms with Gasteiger partial charge in [-0.1, -0.05) is 20.3 Å². The SMILES string of the molecule is CCN(CCC#N)C(=O)C1CCCC1(C)C. The van der Waals surface area contributed by atoms with Gasteiger partial charge in [0.25, 0.3) is 0 Å². The summed E-state index contributed by atoms with van der Waals surface area (Å²) in [7, 11) is 0. The van der Waals surface area contributed by atoms with Crippen molar-refractivity contribution in [3.05, 3.63) is 0 Å². The van der Waals surface area contributed by atoms with E-state index in [1.807, 2.05) is 11.8 Å². The van der Waals surface area contributed by atoms with Gasteiger partial charge in [-0.25, -0.2) is 0 Å². The summed E-state index contributed by atoms with van der Waals surface area (Å²) in [5, 5.41) is 8.57. The molecule has 3 heteroatoms. The second-order valence-electron chi connectivity index (χ2n) is 5.26. The molecule has 0 radical (unpaired) electrons. The van der Waals surface area contributed by atoms with Gasteiger partial charge in [-0.15, -0.1) is 0 Å². The van der Waals surface area contributed by atoms with E-state index in [0.29, 0.717) is 19.5 Å². The van der Waals surface area contributed by atoms with Crippen LogP contribution in [0.2, 0.25) is 0 Å². The number of nitriles is 1. The highest BCUT2D eigenvalue weighted by atomic mass is 16.2. The Labute approximate surface area is 98.4 Å². The first kappa shape index (κ1) is 13.0. The van der Waals surface area contributed by atoms with E-state index >= 15 is 0 Å². The first-order valence-corrected chi connectivity index (χ1v) is 6.18. The maximum atomic E-state index is 12.3. The van der Waals surface area contributed by atoms with Crippen LogP contribution < -0.4 is 0 Å². The molecule has 90 valence electrons. The Morgan fingerprint density at radius 2 is 2.25 bits per heavy atom. The third-order valence-corrected chi connectivity index (χ3v) is 3.74. The number of carbonyl (C=O) groups excluding carboxylic acids is 1. The minimum absolute atomic E-state index is 0.136. The summed E-state index contributed by atoms with van der Waals surface area (Å²) in [6.45, 7) is 7.64. The number of hydrogen-bond acceptors (Lipinski definition) is 2. The van der Waals surface area contributed by atoms with E-state index in [2.05, 4.69) is 19.9 Å². The van der Waals surface area contributed by atoms with Gasteiger partial charge in [-0.2, -0.15) is 5.26 Å². The maximum Gasteiger partial charge on any atom is 0.226 e. The molecule has 1 amide bonds. The van der Waals surface area contributed by atoms with Crippen molar-refractivity contribution in [3.8, 4) is 6.07 Å². The molecule has 0 aliphatic heterocycles. The van der Waals surface area contributed by atoms with Crippen LogP contribution in [-0.4, -0.2) is 23.9 Å². The average molecular weight is 222 g/mol. The number of hydrogen-bond donors (Lipinski definition) is 0. The van der Waals surface area contributed by atoms with Gasteiger partial charge in [-0.05, 0) is 25.2 Å². The molecule has 1 aliphatic carbocycles. The van der Waals surface area contributed by atoms with Gasteiger partial charge in [0, 0.05) is 19.0 Å². The van der Waals surface area contributed by atoms with Crippen LogP contribution in [0.15, 0.2) is 0 Å². The Bertz CT molecular complexity index is 291. The Kier molecular flexibility index (Phi) is 4.35. The summed E-state index contributed by atoms with van der Waals surface area (Å²) in [5.74, 6) is 0.409. The van der Waals surface area contributed by atoms with Gasteiger partial charge < -0.3 is 4.90 Å². The van der Waals surface area contributed by atoms with E-state index in [0.717, 1.165) is 19.3 Å². The van der Waals surface area contributed by atoms with E-state index in [1.165, 1.54) is 0 Å². The molecule has 0 aromatic carbocycles. The van der Waals surface area contributed by atoms with Gasteiger partial charge in [0.05, 0.1) is 12.5 Å². The molecule has 0 aromatic heterocycles. The van der Waals surface area contributed by atoms with Crippen LogP contribution in [0, 0.1) is 22.7 Å². The lowest BCUT2D eigenvalue weighted by Crippen LogP contribution is -2.40. The largest absolute Gasteiger partial charge is 0.342 e. The van der Waals surface area contributed by atoms with Crippen molar-refractivity contribution in [1.82, 2.24) is 4.90 Å². The summed E-state index contributed by atoms with van der Waals surface area (Å²) in [4.78, 5) is 14.1. The maximum absolute atomic E-state index is 12.3. The van der Waals surface area contributed by atoms with Crippen LogP contribution in [0.4, 0.5) is 0 Å². The van der Waals surface area contributed by atoms with Gasteiger partial charge >= 0.3 is 0 Å². The van der Waals surface area contributed by atoms with Crippen molar-refractivity contribution in [2.45, 2.75) is 46.5 Å². The van der Waals surface area contributed by atoms with Crippen LogP contribution in [0.25, 0.3) is 0 Å². The van der Waals surface area contributed by atoms with E-state index in [1.54, 1.807) is 0 Å². The Morgan fingerprint density at radius 3 is 2.69 bits per heavy atom. The molecule has 1 aliphatic rings. The molecule has 1 unspecified atom stereocenters. The molecular weight excluding hydrogens is 200 g/mol. The smallest absolute Gasteiger partial charge is 0.226 e. The fourth-order valence-corrected chi connectivity index (χ4v) is 2.61. The van der Waals surface area contributed by atoms with Crippen molar-refractivity contribution < 1.29 is 4.79 Å².